The topological polar surface area (TPSA) is 16.4 Å². The van der Waals surface area contributed by atoms with Crippen molar-refractivity contribution in [3.05, 3.63) is 212 Å². The molecule has 0 aliphatic carbocycles. The van der Waals surface area contributed by atoms with Crippen LogP contribution in [0.2, 0.25) is 0 Å². The Morgan fingerprint density at radius 3 is 1.64 bits per heavy atom. The third kappa shape index (κ3) is 6.43. The van der Waals surface area contributed by atoms with E-state index in [1.807, 2.05) is 127 Å². The van der Waals surface area contributed by atoms with Gasteiger partial charge in [-0.1, -0.05) is 191 Å². The summed E-state index contributed by atoms with van der Waals surface area (Å²) in [6.07, 6.45) is 0. The lowest BCUT2D eigenvalue weighted by Crippen LogP contribution is -2.10. The Balaban J connectivity index is 1.20. The number of anilines is 3. The van der Waals surface area contributed by atoms with Crippen molar-refractivity contribution in [2.45, 2.75) is 26.2 Å². The summed E-state index contributed by atoms with van der Waals surface area (Å²) in [4.78, 5) is 1.36. The maximum Gasteiger partial charge on any atom is 0.143 e. The summed E-state index contributed by atoms with van der Waals surface area (Å²) in [6, 6.07) is 46.9. The number of fused-ring (bicyclic) bond motifs is 4. The Kier molecular flexibility index (Phi) is 6.82. The lowest BCUT2D eigenvalue weighted by Gasteiger charge is -2.26. The van der Waals surface area contributed by atoms with Crippen LogP contribution < -0.4 is 4.90 Å². The quantitative estimate of drug-likeness (QED) is 0.161. The number of para-hydroxylation sites is 2. The van der Waals surface area contributed by atoms with Gasteiger partial charge in [0, 0.05) is 39.0 Å². The summed E-state index contributed by atoms with van der Waals surface area (Å²) in [5.74, 6) is 0. The van der Waals surface area contributed by atoms with Crippen LogP contribution in [0.1, 0.15) is 37.3 Å². The first-order chi connectivity index (χ1) is 31.7. The standard InChI is InChI=1S/C56H43NO/c1-56(2,3)53-24-12-23-52-51-22-11-21-50(54(51)58-55(52)53)43-31-35-46(36-32-43)57(47-18-9-17-44(37-47)49-20-10-16-42-15-7-8-19-48(42)49)45-33-29-41(30-34-45)40-27-25-39(26-28-40)38-13-5-4-6-14-38/h4-37H,1-3H3/i29D,30D,31D,32D,33D,34D,35D,36D. The molecule has 2 nitrogen and oxygen atoms in total. The number of rotatable bonds is 7. The van der Waals surface area contributed by atoms with E-state index in [-0.39, 0.29) is 52.1 Å². The Bertz CT molecular complexity index is 3490. The monoisotopic (exact) mass is 753 g/mol. The van der Waals surface area contributed by atoms with Crippen LogP contribution in [-0.2, 0) is 5.41 Å². The second-order valence-electron chi connectivity index (χ2n) is 15.5. The third-order valence-electron chi connectivity index (χ3n) is 10.8. The molecule has 0 bridgehead atoms. The number of hydrogen-bond donors (Lipinski definition) is 0. The second-order valence-corrected chi connectivity index (χ2v) is 15.5. The van der Waals surface area contributed by atoms with Crippen LogP contribution in [0.15, 0.2) is 210 Å². The fourth-order valence-electron chi connectivity index (χ4n) is 7.84. The lowest BCUT2D eigenvalue weighted by atomic mass is 9.86. The third-order valence-corrected chi connectivity index (χ3v) is 10.8. The smallest absolute Gasteiger partial charge is 0.143 e. The number of nitrogens with zero attached hydrogens (tertiary/aromatic N) is 1. The van der Waals surface area contributed by atoms with Crippen molar-refractivity contribution in [2.75, 3.05) is 4.90 Å². The number of benzene rings is 9. The predicted octanol–water partition coefficient (Wildman–Crippen LogP) is 16.2. The maximum absolute atomic E-state index is 9.75. The summed E-state index contributed by atoms with van der Waals surface area (Å²) in [5.41, 5.74) is 6.36. The van der Waals surface area contributed by atoms with Crippen LogP contribution in [0.3, 0.4) is 0 Å². The van der Waals surface area contributed by atoms with E-state index in [2.05, 4.69) is 20.8 Å². The Labute approximate surface area is 351 Å². The molecule has 0 aliphatic heterocycles. The maximum atomic E-state index is 9.75. The highest BCUT2D eigenvalue weighted by Gasteiger charge is 2.22. The van der Waals surface area contributed by atoms with Gasteiger partial charge in [0.2, 0.25) is 0 Å². The van der Waals surface area contributed by atoms with Crippen molar-refractivity contribution in [1.29, 1.82) is 0 Å². The number of furan rings is 1. The molecule has 1 aromatic heterocycles. The molecule has 0 spiro atoms. The second kappa shape index (κ2) is 14.4. The highest BCUT2D eigenvalue weighted by atomic mass is 16.3. The summed E-state index contributed by atoms with van der Waals surface area (Å²) in [5, 5.41) is 3.66. The molecule has 58 heavy (non-hydrogen) atoms. The largest absolute Gasteiger partial charge is 0.455 e. The zero-order valence-electron chi connectivity index (χ0n) is 40.4. The molecule has 9 aromatic carbocycles. The molecule has 2 heteroatoms. The highest BCUT2D eigenvalue weighted by Crippen LogP contribution is 2.42. The fraction of sp³-hybridized carbons (Fsp3) is 0.0714. The summed E-state index contributed by atoms with van der Waals surface area (Å²) >= 11 is 0. The van der Waals surface area contributed by atoms with Gasteiger partial charge in [-0.15, -0.1) is 0 Å². The molecule has 0 aliphatic rings. The van der Waals surface area contributed by atoms with Crippen molar-refractivity contribution in [3.63, 3.8) is 0 Å². The van der Waals surface area contributed by atoms with Crippen molar-refractivity contribution in [3.8, 4) is 44.5 Å². The lowest BCUT2D eigenvalue weighted by molar-refractivity contribution is 0.573. The first kappa shape index (κ1) is 27.4. The van der Waals surface area contributed by atoms with E-state index in [9.17, 15) is 11.0 Å². The summed E-state index contributed by atoms with van der Waals surface area (Å²) < 4.78 is 83.5. The minimum atomic E-state index is -0.428. The molecule has 278 valence electrons. The van der Waals surface area contributed by atoms with Crippen molar-refractivity contribution in [1.82, 2.24) is 0 Å². The molecule has 10 aromatic rings. The van der Waals surface area contributed by atoms with Gasteiger partial charge < -0.3 is 9.32 Å². The summed E-state index contributed by atoms with van der Waals surface area (Å²) in [6.45, 7) is 6.32. The first-order valence-corrected chi connectivity index (χ1v) is 19.4. The molecule has 0 saturated carbocycles. The molecule has 0 saturated heterocycles. The molecular formula is C56H43NO. The SMILES string of the molecule is [2H]c1c([2H])c(N(c2cccc(-c3cccc4ccccc34)c2)c2c([2H])c([2H])c(-c3cccc4c3oc3c(C(C)(C)C)cccc34)c([2H])c2[2H])c([2H])c([2H])c1-c1ccc(-c2ccccc2)cc1. The van der Waals surface area contributed by atoms with Gasteiger partial charge in [0.15, 0.2) is 0 Å². The van der Waals surface area contributed by atoms with E-state index >= 15 is 0 Å². The molecule has 0 amide bonds. The first-order valence-electron chi connectivity index (χ1n) is 23.4. The molecule has 10 rings (SSSR count). The molecule has 1 heterocycles. The van der Waals surface area contributed by atoms with Gasteiger partial charge >= 0.3 is 0 Å². The molecule has 0 atom stereocenters. The minimum Gasteiger partial charge on any atom is -0.455 e. The van der Waals surface area contributed by atoms with Crippen molar-refractivity contribution < 1.29 is 15.4 Å². The molecule has 0 fully saturated rings. The highest BCUT2D eigenvalue weighted by molar-refractivity contribution is 6.10. The van der Waals surface area contributed by atoms with Crippen LogP contribution in [0.4, 0.5) is 17.1 Å². The van der Waals surface area contributed by atoms with E-state index in [1.54, 1.807) is 30.3 Å². The Hall–Kier alpha value is -7.16. The number of hydrogen-bond acceptors (Lipinski definition) is 2. The van der Waals surface area contributed by atoms with Gasteiger partial charge in [-0.3, -0.25) is 0 Å². The van der Waals surface area contributed by atoms with Crippen LogP contribution >= 0.6 is 0 Å². The van der Waals surface area contributed by atoms with Crippen LogP contribution in [0.5, 0.6) is 0 Å². The van der Waals surface area contributed by atoms with Gasteiger partial charge in [-0.05, 0) is 91.4 Å². The molecular weight excluding hydrogens is 703 g/mol. The normalized spacial score (nSPS) is 13.6. The fourth-order valence-corrected chi connectivity index (χ4v) is 7.84. The van der Waals surface area contributed by atoms with E-state index in [4.69, 9.17) is 4.42 Å². The predicted molar refractivity (Wildman–Crippen MR) is 246 cm³/mol. The Morgan fingerprint density at radius 2 is 0.914 bits per heavy atom. The van der Waals surface area contributed by atoms with Crippen LogP contribution in [0.25, 0.3) is 77.2 Å². The van der Waals surface area contributed by atoms with Crippen molar-refractivity contribution in [2.24, 2.45) is 0 Å². The average molecular weight is 754 g/mol. The van der Waals surface area contributed by atoms with Crippen LogP contribution in [-0.4, -0.2) is 0 Å². The van der Waals surface area contributed by atoms with Gasteiger partial charge in [0.05, 0.1) is 11.0 Å². The zero-order valence-corrected chi connectivity index (χ0v) is 32.4. The zero-order chi connectivity index (χ0) is 46.2. The summed E-state index contributed by atoms with van der Waals surface area (Å²) in [7, 11) is 0. The Morgan fingerprint density at radius 1 is 0.397 bits per heavy atom. The van der Waals surface area contributed by atoms with Gasteiger partial charge in [-0.2, -0.15) is 0 Å². The van der Waals surface area contributed by atoms with Gasteiger partial charge in [-0.25, -0.2) is 0 Å². The van der Waals surface area contributed by atoms with E-state index in [0.717, 1.165) is 49.4 Å². The molecule has 0 radical (unpaired) electrons. The van der Waals surface area contributed by atoms with Crippen molar-refractivity contribution >= 4 is 49.8 Å². The van der Waals surface area contributed by atoms with Gasteiger partial charge in [0.1, 0.15) is 11.2 Å². The average Bonchev–Trinajstić information content (AvgIpc) is 3.72. The van der Waals surface area contributed by atoms with Gasteiger partial charge in [0.25, 0.3) is 0 Å². The molecule has 0 unspecified atom stereocenters. The van der Waals surface area contributed by atoms with E-state index in [1.165, 1.54) is 4.90 Å². The van der Waals surface area contributed by atoms with Crippen LogP contribution in [0, 0.1) is 0 Å². The molecule has 0 N–H and O–H groups in total. The van der Waals surface area contributed by atoms with E-state index < -0.39 is 24.2 Å². The van der Waals surface area contributed by atoms with E-state index in [0.29, 0.717) is 28.0 Å². The minimum absolute atomic E-state index is 0.0361.